The van der Waals surface area contributed by atoms with E-state index in [1.165, 1.54) is 0 Å². The quantitative estimate of drug-likeness (QED) is 0.325. The Morgan fingerprint density at radius 3 is 0.857 bits per heavy atom. The number of benzene rings is 3. The highest BCUT2D eigenvalue weighted by Crippen LogP contribution is 2.37. The van der Waals surface area contributed by atoms with Gasteiger partial charge in [0.1, 0.15) is 0 Å². The van der Waals surface area contributed by atoms with Crippen LogP contribution in [0, 0.1) is 52.4 Å². The number of halogens is 9. The van der Waals surface area contributed by atoms with E-state index in [1.54, 1.807) is 0 Å². The molecular weight excluding hydrogens is 418 g/mol. The van der Waals surface area contributed by atoms with Crippen molar-refractivity contribution in [2.45, 2.75) is 0 Å². The summed E-state index contributed by atoms with van der Waals surface area (Å²) in [7, 11) is -2.94. The van der Waals surface area contributed by atoms with Crippen LogP contribution < -0.4 is 15.9 Å². The molecule has 0 saturated heterocycles. The second kappa shape index (κ2) is 7.47. The van der Waals surface area contributed by atoms with Crippen molar-refractivity contribution in [3.8, 4) is 0 Å². The second-order valence-electron chi connectivity index (χ2n) is 5.42. The Kier molecular flexibility index (Phi) is 5.39. The summed E-state index contributed by atoms with van der Waals surface area (Å²) in [5.41, 5.74) is 0. The predicted octanol–water partition coefficient (Wildman–Crippen LogP) is 4.70. The third-order valence-corrected chi connectivity index (χ3v) is 6.25. The first-order valence-electron chi connectivity index (χ1n) is 7.35. The van der Waals surface area contributed by atoms with Crippen LogP contribution in [0.1, 0.15) is 0 Å². The maximum atomic E-state index is 14.3. The molecule has 0 unspecified atom stereocenters. The molecule has 0 spiro atoms. The van der Waals surface area contributed by atoms with Crippen LogP contribution in [0.4, 0.5) is 39.5 Å². The van der Waals surface area contributed by atoms with Crippen molar-refractivity contribution >= 4 is 23.8 Å². The molecule has 3 aromatic carbocycles. The third kappa shape index (κ3) is 3.24. The summed E-state index contributed by atoms with van der Waals surface area (Å²) in [6, 6.07) is 3.21. The van der Waals surface area contributed by atoms with Gasteiger partial charge in [0.15, 0.2) is 52.4 Å². The van der Waals surface area contributed by atoms with Crippen LogP contribution in [0.3, 0.4) is 0 Å². The van der Waals surface area contributed by atoms with E-state index in [0.717, 1.165) is 0 Å². The first kappa shape index (κ1) is 20.2. The molecule has 0 nitrogen and oxygen atoms in total. The third-order valence-electron chi connectivity index (χ3n) is 3.77. The fourth-order valence-corrected chi connectivity index (χ4v) is 4.79. The van der Waals surface area contributed by atoms with Crippen LogP contribution in [0.2, 0.25) is 0 Å². The molecule has 0 amide bonds. The average Bonchev–Trinajstić information content (AvgIpc) is 2.67. The molecule has 0 bridgehead atoms. The average molecular weight is 424 g/mol. The molecule has 146 valence electrons. The first-order valence-corrected chi connectivity index (χ1v) is 8.70. The standard InChI is InChI=1S/C18H6F9P/c19-7-1-4-10(16(25)13(7)22)28(11-5-2-8(20)14(23)17(11)26)12-6-3-9(21)15(24)18(12)27/h1-6H. The first-order chi connectivity index (χ1) is 13.1. The van der Waals surface area contributed by atoms with Crippen molar-refractivity contribution in [2.24, 2.45) is 0 Å². The van der Waals surface area contributed by atoms with Gasteiger partial charge in [-0.1, -0.05) is 0 Å². The lowest BCUT2D eigenvalue weighted by molar-refractivity contribution is 0.449. The highest BCUT2D eigenvalue weighted by Gasteiger charge is 2.31. The molecule has 3 aromatic rings. The zero-order valence-electron chi connectivity index (χ0n) is 13.3. The summed E-state index contributed by atoms with van der Waals surface area (Å²) in [6.45, 7) is 0. The molecule has 10 heteroatoms. The van der Waals surface area contributed by atoms with E-state index in [0.29, 0.717) is 36.4 Å². The van der Waals surface area contributed by atoms with E-state index < -0.39 is 76.2 Å². The summed E-state index contributed by atoms with van der Waals surface area (Å²) in [6.07, 6.45) is 0. The van der Waals surface area contributed by atoms with Gasteiger partial charge in [0, 0.05) is 15.9 Å². The summed E-state index contributed by atoms with van der Waals surface area (Å²) >= 11 is 0. The zero-order valence-corrected chi connectivity index (χ0v) is 14.2. The summed E-state index contributed by atoms with van der Waals surface area (Å²) in [5.74, 6) is -16.4. The minimum Gasteiger partial charge on any atom is -0.204 e. The molecular formula is C18H6F9P. The van der Waals surface area contributed by atoms with E-state index in [-0.39, 0.29) is 0 Å². The molecule has 28 heavy (non-hydrogen) atoms. The highest BCUT2D eigenvalue weighted by atomic mass is 31.1. The van der Waals surface area contributed by atoms with Crippen molar-refractivity contribution in [3.05, 3.63) is 88.8 Å². The molecule has 0 saturated carbocycles. The van der Waals surface area contributed by atoms with Crippen LogP contribution in [-0.2, 0) is 0 Å². The lowest BCUT2D eigenvalue weighted by atomic mass is 10.3. The summed E-state index contributed by atoms with van der Waals surface area (Å²) < 4.78 is 124. The Bertz CT molecular complexity index is 945. The molecule has 3 rings (SSSR count). The fraction of sp³-hybridized carbons (Fsp3) is 0. The van der Waals surface area contributed by atoms with Gasteiger partial charge in [-0.2, -0.15) is 0 Å². The number of hydrogen-bond acceptors (Lipinski definition) is 0. The van der Waals surface area contributed by atoms with Gasteiger partial charge in [0.05, 0.1) is 0 Å². The van der Waals surface area contributed by atoms with Gasteiger partial charge >= 0.3 is 0 Å². The van der Waals surface area contributed by atoms with Gasteiger partial charge in [0.25, 0.3) is 0 Å². The van der Waals surface area contributed by atoms with Crippen LogP contribution in [-0.4, -0.2) is 0 Å². The summed E-state index contributed by atoms with van der Waals surface area (Å²) in [5, 5.41) is -2.53. The topological polar surface area (TPSA) is 0 Å². The van der Waals surface area contributed by atoms with E-state index >= 15 is 0 Å². The number of rotatable bonds is 3. The minimum atomic E-state index is -2.94. The molecule has 0 aliphatic carbocycles. The SMILES string of the molecule is Fc1ccc(P(c2ccc(F)c(F)c2F)c2ccc(F)c(F)c2F)c(F)c1F. The largest absolute Gasteiger partial charge is 0.204 e. The van der Waals surface area contributed by atoms with Gasteiger partial charge in [-0.3, -0.25) is 0 Å². The van der Waals surface area contributed by atoms with Crippen molar-refractivity contribution in [1.29, 1.82) is 0 Å². The highest BCUT2D eigenvalue weighted by molar-refractivity contribution is 7.79. The fourth-order valence-electron chi connectivity index (χ4n) is 2.45. The van der Waals surface area contributed by atoms with Gasteiger partial charge in [-0.05, 0) is 44.3 Å². The van der Waals surface area contributed by atoms with E-state index in [9.17, 15) is 39.5 Å². The van der Waals surface area contributed by atoms with Gasteiger partial charge in [0.2, 0.25) is 0 Å². The Hall–Kier alpha value is -2.54. The van der Waals surface area contributed by atoms with Crippen molar-refractivity contribution in [1.82, 2.24) is 0 Å². The lowest BCUT2D eigenvalue weighted by Gasteiger charge is -2.21. The van der Waals surface area contributed by atoms with Crippen LogP contribution >= 0.6 is 7.92 Å². The molecule has 0 aliphatic heterocycles. The molecule has 0 aliphatic rings. The van der Waals surface area contributed by atoms with E-state index in [2.05, 4.69) is 0 Å². The molecule has 0 radical (unpaired) electrons. The molecule has 0 N–H and O–H groups in total. The Morgan fingerprint density at radius 2 is 0.607 bits per heavy atom. The van der Waals surface area contributed by atoms with Gasteiger partial charge in [-0.25, -0.2) is 39.5 Å². The molecule has 0 fully saturated rings. The number of hydrogen-bond donors (Lipinski definition) is 0. The summed E-state index contributed by atoms with van der Waals surface area (Å²) in [4.78, 5) is 0. The van der Waals surface area contributed by atoms with Crippen molar-refractivity contribution in [2.75, 3.05) is 0 Å². The zero-order chi connectivity index (χ0) is 20.7. The molecule has 0 atom stereocenters. The predicted molar refractivity (Wildman–Crippen MR) is 84.8 cm³/mol. The van der Waals surface area contributed by atoms with Crippen LogP contribution in [0.15, 0.2) is 36.4 Å². The minimum absolute atomic E-state index is 0.443. The normalized spacial score (nSPS) is 11.4. The maximum absolute atomic E-state index is 14.3. The van der Waals surface area contributed by atoms with Crippen LogP contribution in [0.5, 0.6) is 0 Å². The Morgan fingerprint density at radius 1 is 0.357 bits per heavy atom. The smallest absolute Gasteiger partial charge is 0.195 e. The van der Waals surface area contributed by atoms with E-state index in [1.807, 2.05) is 0 Å². The van der Waals surface area contributed by atoms with Gasteiger partial charge < -0.3 is 0 Å². The van der Waals surface area contributed by atoms with Gasteiger partial charge in [-0.15, -0.1) is 0 Å². The monoisotopic (exact) mass is 424 g/mol. The van der Waals surface area contributed by atoms with Crippen molar-refractivity contribution < 1.29 is 39.5 Å². The van der Waals surface area contributed by atoms with Crippen LogP contribution in [0.25, 0.3) is 0 Å². The van der Waals surface area contributed by atoms with Crippen molar-refractivity contribution in [3.63, 3.8) is 0 Å². The second-order valence-corrected chi connectivity index (χ2v) is 7.54. The van der Waals surface area contributed by atoms with E-state index in [4.69, 9.17) is 0 Å². The molecule has 0 heterocycles. The maximum Gasteiger partial charge on any atom is 0.195 e. The lowest BCUT2D eigenvalue weighted by Crippen LogP contribution is -2.29. The Balaban J connectivity index is 2.38. The molecule has 0 aromatic heterocycles. The Labute approximate surface area is 153 Å².